The highest BCUT2D eigenvalue weighted by atomic mass is 17.3. The van der Waals surface area contributed by atoms with E-state index in [2.05, 4.69) is 0 Å². The van der Waals surface area contributed by atoms with Crippen LogP contribution in [0.4, 0.5) is 0 Å². The highest BCUT2D eigenvalue weighted by Gasteiger charge is 2.72. The predicted octanol–water partition coefficient (Wildman–Crippen LogP) is 2.69. The smallest absolute Gasteiger partial charge is 0.238 e. The van der Waals surface area contributed by atoms with Crippen LogP contribution in [-0.2, 0) is 25.0 Å². The molecule has 4 saturated heterocycles. The first-order valence-corrected chi connectivity index (χ1v) is 6.39. The van der Waals surface area contributed by atoms with Gasteiger partial charge in [0.05, 0.1) is 5.92 Å². The number of hydrogen-bond donors (Lipinski definition) is 0. The molecule has 4 heterocycles. The maximum absolute atomic E-state index is 6.13. The second-order valence-electron chi connectivity index (χ2n) is 5.65. The van der Waals surface area contributed by atoms with Crippen molar-refractivity contribution >= 4 is 0 Å². The lowest BCUT2D eigenvalue weighted by Gasteiger charge is -2.54. The zero-order chi connectivity index (χ0) is 12.4. The molecule has 0 N–H and O–H groups in total. The van der Waals surface area contributed by atoms with Crippen LogP contribution in [0, 0.1) is 5.92 Å². The molecular weight excluding hydrogens is 232 g/mol. The number of fused-ring (bicyclic) bond motifs is 1. The molecule has 0 amide bonds. The first-order valence-electron chi connectivity index (χ1n) is 6.39. The number of benzene rings is 1. The lowest BCUT2D eigenvalue weighted by Crippen LogP contribution is -2.62. The minimum atomic E-state index is -0.818. The molecule has 2 unspecified atom stereocenters. The average molecular weight is 248 g/mol. The van der Waals surface area contributed by atoms with Crippen molar-refractivity contribution in [3.8, 4) is 0 Å². The van der Waals surface area contributed by atoms with Gasteiger partial charge in [0.2, 0.25) is 11.6 Å². The minimum absolute atomic E-state index is 0.0641. The Kier molecular flexibility index (Phi) is 1.91. The Labute approximate surface area is 106 Å². The van der Waals surface area contributed by atoms with Crippen LogP contribution in [0.3, 0.4) is 0 Å². The van der Waals surface area contributed by atoms with Crippen molar-refractivity contribution in [2.75, 3.05) is 0 Å². The van der Waals surface area contributed by atoms with Crippen molar-refractivity contribution < 1.29 is 19.2 Å². The van der Waals surface area contributed by atoms with Crippen LogP contribution in [0.15, 0.2) is 30.3 Å². The summed E-state index contributed by atoms with van der Waals surface area (Å²) in [5.74, 6) is -2.09. The van der Waals surface area contributed by atoms with Gasteiger partial charge in [0, 0.05) is 12.0 Å². The normalized spacial score (nSPS) is 49.6. The molecule has 0 aliphatic carbocycles. The molecule has 4 heteroatoms. The van der Waals surface area contributed by atoms with Gasteiger partial charge >= 0.3 is 0 Å². The SMILES string of the molecule is CC12CCC3[C@@](C)(OO[C@]3(c3ccccc3)O1)O2. The van der Waals surface area contributed by atoms with Gasteiger partial charge in [-0.05, 0) is 20.3 Å². The van der Waals surface area contributed by atoms with E-state index in [4.69, 9.17) is 19.2 Å². The minimum Gasteiger partial charge on any atom is -0.315 e. The Bertz CT molecular complexity index is 490. The summed E-state index contributed by atoms with van der Waals surface area (Å²) in [6.07, 6.45) is 1.84. The molecule has 96 valence electrons. The van der Waals surface area contributed by atoms with Crippen LogP contribution in [-0.4, -0.2) is 11.6 Å². The summed E-state index contributed by atoms with van der Waals surface area (Å²) in [5.41, 5.74) is 0.993. The molecule has 18 heavy (non-hydrogen) atoms. The van der Waals surface area contributed by atoms with E-state index in [-0.39, 0.29) is 5.92 Å². The molecule has 0 radical (unpaired) electrons. The first-order chi connectivity index (χ1) is 8.57. The second-order valence-corrected chi connectivity index (χ2v) is 5.65. The summed E-state index contributed by atoms with van der Waals surface area (Å²) in [6.45, 7) is 3.89. The van der Waals surface area contributed by atoms with Crippen molar-refractivity contribution in [1.29, 1.82) is 0 Å². The van der Waals surface area contributed by atoms with E-state index < -0.39 is 17.4 Å². The molecule has 0 spiro atoms. The maximum Gasteiger partial charge on any atom is 0.238 e. The zero-order valence-electron chi connectivity index (χ0n) is 10.5. The quantitative estimate of drug-likeness (QED) is 0.716. The van der Waals surface area contributed by atoms with Gasteiger partial charge in [-0.25, -0.2) is 0 Å². The van der Waals surface area contributed by atoms with E-state index in [1.165, 1.54) is 0 Å². The van der Waals surface area contributed by atoms with E-state index in [0.29, 0.717) is 0 Å². The third kappa shape index (κ3) is 1.19. The first kappa shape index (κ1) is 10.9. The van der Waals surface area contributed by atoms with E-state index >= 15 is 0 Å². The molecule has 5 rings (SSSR count). The highest BCUT2D eigenvalue weighted by molar-refractivity contribution is 5.25. The molecule has 4 fully saturated rings. The van der Waals surface area contributed by atoms with Crippen LogP contribution >= 0.6 is 0 Å². The van der Waals surface area contributed by atoms with Gasteiger partial charge in [0.1, 0.15) is 0 Å². The summed E-state index contributed by atoms with van der Waals surface area (Å²) in [7, 11) is 0. The molecule has 4 aliphatic rings. The Balaban J connectivity index is 1.87. The van der Waals surface area contributed by atoms with Gasteiger partial charge in [-0.15, -0.1) is 0 Å². The van der Waals surface area contributed by atoms with E-state index in [1.54, 1.807) is 0 Å². The van der Waals surface area contributed by atoms with Gasteiger partial charge in [-0.3, -0.25) is 0 Å². The predicted molar refractivity (Wildman–Crippen MR) is 62.0 cm³/mol. The average Bonchev–Trinajstić information content (AvgIpc) is 2.59. The number of rotatable bonds is 1. The molecule has 0 aromatic heterocycles. The molecular formula is C14H16O4. The van der Waals surface area contributed by atoms with Crippen LogP contribution < -0.4 is 0 Å². The van der Waals surface area contributed by atoms with Crippen LogP contribution in [0.1, 0.15) is 32.3 Å². The van der Waals surface area contributed by atoms with E-state index in [0.717, 1.165) is 18.4 Å². The molecule has 4 aliphatic heterocycles. The molecule has 0 saturated carbocycles. The van der Waals surface area contributed by atoms with Gasteiger partial charge in [-0.2, -0.15) is 9.78 Å². The lowest BCUT2D eigenvalue weighted by atomic mass is 9.76. The largest absolute Gasteiger partial charge is 0.315 e. The number of hydrogen-bond acceptors (Lipinski definition) is 4. The Hall–Kier alpha value is -0.940. The van der Waals surface area contributed by atoms with Crippen LogP contribution in [0.2, 0.25) is 0 Å². The molecule has 4 atom stereocenters. The summed E-state index contributed by atoms with van der Waals surface area (Å²) < 4.78 is 12.1. The van der Waals surface area contributed by atoms with Crippen molar-refractivity contribution in [1.82, 2.24) is 0 Å². The van der Waals surface area contributed by atoms with Gasteiger partial charge in [0.15, 0.2) is 5.79 Å². The summed E-state index contributed by atoms with van der Waals surface area (Å²) in [4.78, 5) is 11.1. The third-order valence-electron chi connectivity index (χ3n) is 4.27. The van der Waals surface area contributed by atoms with Crippen molar-refractivity contribution in [3.05, 3.63) is 35.9 Å². The fraction of sp³-hybridized carbons (Fsp3) is 0.571. The lowest BCUT2D eigenvalue weighted by molar-refractivity contribution is -0.433. The third-order valence-corrected chi connectivity index (χ3v) is 4.27. The second kappa shape index (κ2) is 3.14. The topological polar surface area (TPSA) is 36.9 Å². The van der Waals surface area contributed by atoms with E-state index in [1.807, 2.05) is 44.2 Å². The Morgan fingerprint density at radius 2 is 1.83 bits per heavy atom. The molecule has 1 aromatic rings. The van der Waals surface area contributed by atoms with Gasteiger partial charge in [-0.1, -0.05) is 30.3 Å². The maximum atomic E-state index is 6.13. The van der Waals surface area contributed by atoms with E-state index in [9.17, 15) is 0 Å². The fourth-order valence-electron chi connectivity index (χ4n) is 3.49. The Morgan fingerprint density at radius 1 is 1.06 bits per heavy atom. The van der Waals surface area contributed by atoms with Crippen molar-refractivity contribution in [3.63, 3.8) is 0 Å². The van der Waals surface area contributed by atoms with Gasteiger partial charge in [0.25, 0.3) is 0 Å². The van der Waals surface area contributed by atoms with Crippen LogP contribution in [0.25, 0.3) is 0 Å². The summed E-state index contributed by atoms with van der Waals surface area (Å²) in [5, 5.41) is 0. The van der Waals surface area contributed by atoms with Crippen LogP contribution in [0.5, 0.6) is 0 Å². The molecule has 1 aromatic carbocycles. The molecule has 4 nitrogen and oxygen atoms in total. The zero-order valence-corrected chi connectivity index (χ0v) is 10.5. The van der Waals surface area contributed by atoms with Gasteiger partial charge < -0.3 is 9.47 Å². The number of ether oxygens (including phenoxy) is 2. The highest BCUT2D eigenvalue weighted by Crippen LogP contribution is 2.62. The standard InChI is InChI=1S/C14H16O4/c1-12-9-8-11-13(2,15-12)17-18-14(11,16-12)10-6-4-3-5-7-10/h3-7,11H,8-9H2,1-2H3/t11?,12?,13-,14+/m1/s1. The van der Waals surface area contributed by atoms with Crippen molar-refractivity contribution in [2.24, 2.45) is 5.92 Å². The monoisotopic (exact) mass is 248 g/mol. The Morgan fingerprint density at radius 3 is 2.56 bits per heavy atom. The van der Waals surface area contributed by atoms with Crippen molar-refractivity contribution in [2.45, 2.75) is 44.1 Å². The summed E-state index contributed by atoms with van der Waals surface area (Å²) in [6, 6.07) is 9.97. The fourth-order valence-corrected chi connectivity index (χ4v) is 3.49. The molecule has 4 bridgehead atoms. The summed E-state index contributed by atoms with van der Waals surface area (Å²) >= 11 is 0.